The zero-order chi connectivity index (χ0) is 13.1. The molecule has 96 valence electrons. The Hall–Kier alpha value is -2.31. The van der Waals surface area contributed by atoms with Crippen molar-refractivity contribution in [3.8, 4) is 5.75 Å². The summed E-state index contributed by atoms with van der Waals surface area (Å²) in [4.78, 5) is 21.5. The number of anilines is 1. The van der Waals surface area contributed by atoms with Gasteiger partial charge in [-0.2, -0.15) is 0 Å². The molecule has 0 spiro atoms. The van der Waals surface area contributed by atoms with Crippen molar-refractivity contribution in [2.24, 2.45) is 0 Å². The lowest BCUT2D eigenvalue weighted by Gasteiger charge is -2.12. The highest BCUT2D eigenvalue weighted by molar-refractivity contribution is 5.80. The number of ether oxygens (including phenoxy) is 1. The molecule has 1 aliphatic rings. The topological polar surface area (TPSA) is 93.5 Å². The molecule has 2 N–H and O–H groups in total. The lowest BCUT2D eigenvalue weighted by Crippen LogP contribution is -2.22. The maximum Gasteiger partial charge on any atom is 0.296 e. The molecule has 1 amide bonds. The van der Waals surface area contributed by atoms with E-state index in [9.17, 15) is 14.9 Å². The SMILES string of the molecule is COc1ccc(NC2CNC(=O)C2)c([N+](=O)[O-])c1. The van der Waals surface area contributed by atoms with Gasteiger partial charge in [0, 0.05) is 13.0 Å². The minimum atomic E-state index is -0.477. The Morgan fingerprint density at radius 1 is 1.56 bits per heavy atom. The molecule has 2 rings (SSSR count). The van der Waals surface area contributed by atoms with E-state index in [1.807, 2.05) is 0 Å². The summed E-state index contributed by atoms with van der Waals surface area (Å²) in [7, 11) is 1.45. The van der Waals surface area contributed by atoms with Crippen LogP contribution in [0.3, 0.4) is 0 Å². The Bertz CT molecular complexity index is 489. The summed E-state index contributed by atoms with van der Waals surface area (Å²) in [6, 6.07) is 4.45. The molecule has 0 aliphatic carbocycles. The molecule has 0 aromatic heterocycles. The number of carbonyl (C=O) groups is 1. The van der Waals surface area contributed by atoms with Crippen LogP contribution in [-0.4, -0.2) is 30.5 Å². The first-order chi connectivity index (χ1) is 8.60. The van der Waals surface area contributed by atoms with Gasteiger partial charge in [0.2, 0.25) is 5.91 Å². The molecule has 1 aliphatic heterocycles. The van der Waals surface area contributed by atoms with Crippen molar-refractivity contribution in [3.63, 3.8) is 0 Å². The molecule has 7 heteroatoms. The van der Waals surface area contributed by atoms with E-state index in [4.69, 9.17) is 4.74 Å². The van der Waals surface area contributed by atoms with Crippen LogP contribution in [0.2, 0.25) is 0 Å². The van der Waals surface area contributed by atoms with Gasteiger partial charge in [-0.25, -0.2) is 0 Å². The van der Waals surface area contributed by atoms with Crippen LogP contribution in [0.15, 0.2) is 18.2 Å². The number of carbonyl (C=O) groups excluding carboxylic acids is 1. The third-order valence-electron chi connectivity index (χ3n) is 2.74. The van der Waals surface area contributed by atoms with Gasteiger partial charge in [-0.05, 0) is 12.1 Å². The zero-order valence-corrected chi connectivity index (χ0v) is 9.80. The van der Waals surface area contributed by atoms with E-state index in [2.05, 4.69) is 10.6 Å². The number of benzene rings is 1. The number of nitro groups is 1. The molecule has 1 aromatic rings. The van der Waals surface area contributed by atoms with E-state index < -0.39 is 4.92 Å². The second-order valence-electron chi connectivity index (χ2n) is 3.99. The van der Waals surface area contributed by atoms with Crippen molar-refractivity contribution in [2.75, 3.05) is 19.0 Å². The van der Waals surface area contributed by atoms with Crippen molar-refractivity contribution in [1.29, 1.82) is 0 Å². The predicted octanol–water partition coefficient (Wildman–Crippen LogP) is 0.904. The highest BCUT2D eigenvalue weighted by Gasteiger charge is 2.24. The summed E-state index contributed by atoms with van der Waals surface area (Å²) in [6.45, 7) is 0.474. The van der Waals surface area contributed by atoms with Crippen molar-refractivity contribution >= 4 is 17.3 Å². The Morgan fingerprint density at radius 3 is 2.89 bits per heavy atom. The van der Waals surface area contributed by atoms with Gasteiger partial charge in [0.1, 0.15) is 11.4 Å². The highest BCUT2D eigenvalue weighted by Crippen LogP contribution is 2.29. The smallest absolute Gasteiger partial charge is 0.296 e. The van der Waals surface area contributed by atoms with Crippen LogP contribution in [0, 0.1) is 10.1 Å². The average molecular weight is 251 g/mol. The summed E-state index contributed by atoms with van der Waals surface area (Å²) in [5.41, 5.74) is 0.330. The van der Waals surface area contributed by atoms with Crippen LogP contribution >= 0.6 is 0 Å². The summed E-state index contributed by atoms with van der Waals surface area (Å²) < 4.78 is 4.95. The minimum Gasteiger partial charge on any atom is -0.496 e. The predicted molar refractivity (Wildman–Crippen MR) is 64.7 cm³/mol. The number of nitro benzene ring substituents is 1. The Labute approximate surface area is 103 Å². The van der Waals surface area contributed by atoms with Gasteiger partial charge in [0.15, 0.2) is 0 Å². The van der Waals surface area contributed by atoms with Gasteiger partial charge in [-0.15, -0.1) is 0 Å². The summed E-state index contributed by atoms with van der Waals surface area (Å²) >= 11 is 0. The normalized spacial score (nSPS) is 18.3. The van der Waals surface area contributed by atoms with Crippen LogP contribution in [0.4, 0.5) is 11.4 Å². The quantitative estimate of drug-likeness (QED) is 0.612. The van der Waals surface area contributed by atoms with E-state index in [0.29, 0.717) is 24.4 Å². The van der Waals surface area contributed by atoms with Crippen LogP contribution in [-0.2, 0) is 4.79 Å². The lowest BCUT2D eigenvalue weighted by molar-refractivity contribution is -0.384. The largest absolute Gasteiger partial charge is 0.496 e. The van der Waals surface area contributed by atoms with E-state index in [1.165, 1.54) is 13.2 Å². The average Bonchev–Trinajstić information content (AvgIpc) is 2.75. The number of methoxy groups -OCH3 is 1. The first kappa shape index (κ1) is 12.2. The van der Waals surface area contributed by atoms with Gasteiger partial charge < -0.3 is 15.4 Å². The maximum atomic E-state index is 11.1. The Kier molecular flexibility index (Phi) is 3.31. The number of rotatable bonds is 4. The standard InChI is InChI=1S/C11H13N3O4/c1-18-8-2-3-9(10(5-8)14(16)17)13-7-4-11(15)12-6-7/h2-3,5,7,13H,4,6H2,1H3,(H,12,15). The van der Waals surface area contributed by atoms with Gasteiger partial charge >= 0.3 is 0 Å². The van der Waals surface area contributed by atoms with Crippen LogP contribution in [0.5, 0.6) is 5.75 Å². The first-order valence-corrected chi connectivity index (χ1v) is 5.46. The van der Waals surface area contributed by atoms with Gasteiger partial charge in [0.25, 0.3) is 5.69 Å². The lowest BCUT2D eigenvalue weighted by atomic mass is 10.2. The molecular weight excluding hydrogens is 238 g/mol. The van der Waals surface area contributed by atoms with Crippen LogP contribution in [0.25, 0.3) is 0 Å². The molecule has 1 aromatic carbocycles. The molecule has 0 saturated carbocycles. The second kappa shape index (κ2) is 4.91. The highest BCUT2D eigenvalue weighted by atomic mass is 16.6. The van der Waals surface area contributed by atoms with E-state index in [0.717, 1.165) is 0 Å². The van der Waals surface area contributed by atoms with Crippen molar-refractivity contribution in [1.82, 2.24) is 5.32 Å². The molecule has 7 nitrogen and oxygen atoms in total. The summed E-state index contributed by atoms with van der Waals surface area (Å²) in [5.74, 6) is 0.372. The zero-order valence-electron chi connectivity index (χ0n) is 9.80. The number of hydrogen-bond donors (Lipinski definition) is 2. The van der Waals surface area contributed by atoms with Crippen LogP contribution in [0.1, 0.15) is 6.42 Å². The van der Waals surface area contributed by atoms with Crippen molar-refractivity contribution in [3.05, 3.63) is 28.3 Å². The number of hydrogen-bond acceptors (Lipinski definition) is 5. The van der Waals surface area contributed by atoms with Gasteiger partial charge in [-0.3, -0.25) is 14.9 Å². The monoisotopic (exact) mass is 251 g/mol. The van der Waals surface area contributed by atoms with E-state index in [1.54, 1.807) is 12.1 Å². The summed E-state index contributed by atoms with van der Waals surface area (Å²) in [6.07, 6.45) is 0.323. The third-order valence-corrected chi connectivity index (χ3v) is 2.74. The second-order valence-corrected chi connectivity index (χ2v) is 3.99. The Morgan fingerprint density at radius 2 is 2.33 bits per heavy atom. The maximum absolute atomic E-state index is 11.1. The molecule has 1 heterocycles. The Balaban J connectivity index is 2.21. The molecule has 18 heavy (non-hydrogen) atoms. The van der Waals surface area contributed by atoms with E-state index >= 15 is 0 Å². The fraction of sp³-hybridized carbons (Fsp3) is 0.364. The van der Waals surface area contributed by atoms with Gasteiger partial charge in [0.05, 0.1) is 24.1 Å². The number of nitrogens with one attached hydrogen (secondary N) is 2. The summed E-state index contributed by atoms with van der Waals surface area (Å²) in [5, 5.41) is 16.6. The molecule has 1 fully saturated rings. The molecule has 1 saturated heterocycles. The molecule has 1 unspecified atom stereocenters. The molecule has 0 radical (unpaired) electrons. The van der Waals surface area contributed by atoms with E-state index in [-0.39, 0.29) is 17.6 Å². The first-order valence-electron chi connectivity index (χ1n) is 5.46. The number of amides is 1. The molecular formula is C11H13N3O4. The minimum absolute atomic E-state index is 0.0522. The van der Waals surface area contributed by atoms with Crippen LogP contribution < -0.4 is 15.4 Å². The third kappa shape index (κ3) is 2.50. The fourth-order valence-electron chi connectivity index (χ4n) is 1.84. The molecule has 0 bridgehead atoms. The number of nitrogens with zero attached hydrogens (tertiary/aromatic N) is 1. The van der Waals surface area contributed by atoms with Gasteiger partial charge in [-0.1, -0.05) is 0 Å². The van der Waals surface area contributed by atoms with Crippen molar-refractivity contribution in [2.45, 2.75) is 12.5 Å². The molecule has 1 atom stereocenters. The fourth-order valence-corrected chi connectivity index (χ4v) is 1.84. The van der Waals surface area contributed by atoms with Crippen molar-refractivity contribution < 1.29 is 14.5 Å².